The highest BCUT2D eigenvalue weighted by atomic mass is 16.3. The molecule has 0 bridgehead atoms. The van der Waals surface area contributed by atoms with Gasteiger partial charge in [0.05, 0.1) is 29.5 Å². The monoisotopic (exact) mass is 510 g/mol. The number of nitrogens with zero attached hydrogens (tertiary/aromatic N) is 1. The number of primary amides is 1. The lowest BCUT2D eigenvalue weighted by Crippen LogP contribution is -2.77. The molecular weight excluding hydrogens is 480 g/mol. The average molecular weight is 511 g/mol. The number of phenols is 1. The molecule has 4 aliphatic rings. The van der Waals surface area contributed by atoms with Crippen LogP contribution in [0.25, 0.3) is 6.08 Å². The van der Waals surface area contributed by atoms with Crippen LogP contribution in [0.15, 0.2) is 17.7 Å². The molecule has 0 saturated heterocycles. The Bertz CT molecular complexity index is 1290. The summed E-state index contributed by atoms with van der Waals surface area (Å²) in [6.45, 7) is 1.69. The molecule has 5 N–H and O–H groups in total. The molecule has 0 spiro atoms. The zero-order valence-electron chi connectivity index (χ0n) is 20.8. The van der Waals surface area contributed by atoms with E-state index in [0.29, 0.717) is 11.1 Å². The summed E-state index contributed by atoms with van der Waals surface area (Å²) in [5, 5.41) is 34.3. The first kappa shape index (κ1) is 25.4. The fourth-order valence-corrected chi connectivity index (χ4v) is 6.87. The quantitative estimate of drug-likeness (QED) is 0.407. The van der Waals surface area contributed by atoms with Gasteiger partial charge in [0.15, 0.2) is 34.7 Å². The van der Waals surface area contributed by atoms with E-state index in [-0.39, 0.29) is 11.3 Å². The maximum atomic E-state index is 13.9. The Morgan fingerprint density at radius 1 is 1.14 bits per heavy atom. The Labute approximate surface area is 213 Å². The molecule has 3 fully saturated rings. The van der Waals surface area contributed by atoms with E-state index < -0.39 is 76.4 Å². The molecule has 3 saturated carbocycles. The lowest BCUT2D eigenvalue weighted by molar-refractivity contribution is -0.196. The van der Waals surface area contributed by atoms with E-state index in [2.05, 4.69) is 0 Å². The lowest BCUT2D eigenvalue weighted by atomic mass is 9.49. The number of hydrogen-bond donors (Lipinski definition) is 4. The molecule has 1 amide bonds. The van der Waals surface area contributed by atoms with Gasteiger partial charge in [0.25, 0.3) is 0 Å². The van der Waals surface area contributed by atoms with E-state index in [1.807, 2.05) is 0 Å². The van der Waals surface area contributed by atoms with Crippen molar-refractivity contribution in [3.8, 4) is 5.75 Å². The van der Waals surface area contributed by atoms with Crippen LogP contribution in [0.5, 0.6) is 5.75 Å². The highest BCUT2D eigenvalue weighted by Crippen LogP contribution is 2.54. The summed E-state index contributed by atoms with van der Waals surface area (Å²) in [5.41, 5.74) is 4.22. The van der Waals surface area contributed by atoms with Crippen molar-refractivity contribution in [2.24, 2.45) is 29.4 Å². The fourth-order valence-electron chi connectivity index (χ4n) is 6.87. The van der Waals surface area contributed by atoms with Crippen LogP contribution < -0.4 is 5.73 Å². The molecule has 8 atom stereocenters. The van der Waals surface area contributed by atoms with Crippen molar-refractivity contribution in [2.75, 3.05) is 14.1 Å². The second kappa shape index (κ2) is 8.41. The van der Waals surface area contributed by atoms with Gasteiger partial charge >= 0.3 is 0 Å². The lowest BCUT2D eigenvalue weighted by Gasteiger charge is -2.56. The number of fused-ring (bicyclic) bond motifs is 3. The number of phenolic OH excluding ortho intramolecular Hbond substituents is 1. The van der Waals surface area contributed by atoms with Crippen LogP contribution in [-0.2, 0) is 19.2 Å². The molecule has 1 aromatic carbocycles. The Morgan fingerprint density at radius 2 is 1.78 bits per heavy atom. The molecule has 37 heavy (non-hydrogen) atoms. The van der Waals surface area contributed by atoms with Crippen molar-refractivity contribution in [1.29, 1.82) is 0 Å². The average Bonchev–Trinajstić information content (AvgIpc) is 2.79. The number of carbonyl (C=O) groups is 5. The first-order valence-corrected chi connectivity index (χ1v) is 12.4. The van der Waals surface area contributed by atoms with Crippen molar-refractivity contribution >= 4 is 35.1 Å². The minimum atomic E-state index is -2.99. The molecule has 0 radical (unpaired) electrons. The fraction of sp³-hybridized carbons (Fsp3) is 0.519. The molecule has 4 aliphatic carbocycles. The second-order valence-corrected chi connectivity index (χ2v) is 11.0. The van der Waals surface area contributed by atoms with Crippen molar-refractivity contribution in [1.82, 2.24) is 4.90 Å². The van der Waals surface area contributed by atoms with Gasteiger partial charge < -0.3 is 21.1 Å². The number of ketones is 4. The summed E-state index contributed by atoms with van der Waals surface area (Å²) < 4.78 is 0. The van der Waals surface area contributed by atoms with Crippen molar-refractivity contribution in [3.63, 3.8) is 0 Å². The first-order valence-electron chi connectivity index (χ1n) is 12.4. The largest absolute Gasteiger partial charge is 0.507 e. The van der Waals surface area contributed by atoms with E-state index in [1.165, 1.54) is 19.0 Å². The topological polar surface area (TPSA) is 175 Å². The number of amides is 1. The molecular formula is C27H30N2O8. The van der Waals surface area contributed by atoms with E-state index >= 15 is 0 Å². The molecule has 1 aromatic rings. The summed E-state index contributed by atoms with van der Waals surface area (Å²) >= 11 is 0. The SMILES string of the molecule is C[C@H]1c2ccc(C=C3CCC3)c(O)c2C(=O)C2C(=O)[C@]3(O)C(=O)C(C(N)=O)C(=O)C(N(C)C)[C@@H]3[C@@H](O)[C@@H]21. The van der Waals surface area contributed by atoms with E-state index in [9.17, 15) is 39.3 Å². The number of aromatic hydroxyl groups is 1. The number of aliphatic hydroxyl groups is 2. The highest BCUT2D eigenvalue weighted by molar-refractivity contribution is 6.32. The summed E-state index contributed by atoms with van der Waals surface area (Å²) in [4.78, 5) is 67.7. The zero-order chi connectivity index (χ0) is 27.1. The van der Waals surface area contributed by atoms with Gasteiger partial charge in [-0.2, -0.15) is 0 Å². The molecule has 10 nitrogen and oxygen atoms in total. The second-order valence-electron chi connectivity index (χ2n) is 11.0. The predicted molar refractivity (Wildman–Crippen MR) is 129 cm³/mol. The van der Waals surface area contributed by atoms with Gasteiger partial charge in [-0.05, 0) is 44.8 Å². The van der Waals surface area contributed by atoms with Crippen LogP contribution >= 0.6 is 0 Å². The first-order chi connectivity index (χ1) is 17.3. The number of allylic oxidation sites excluding steroid dienone is 1. The van der Waals surface area contributed by atoms with Crippen LogP contribution in [0, 0.1) is 23.7 Å². The maximum Gasteiger partial charge on any atom is 0.235 e. The van der Waals surface area contributed by atoms with Crippen LogP contribution in [0.4, 0.5) is 0 Å². The van der Waals surface area contributed by atoms with Gasteiger partial charge in [0.1, 0.15) is 5.75 Å². The third-order valence-electron chi connectivity index (χ3n) is 8.88. The third-order valence-corrected chi connectivity index (χ3v) is 8.88. The molecule has 0 aromatic heterocycles. The summed E-state index contributed by atoms with van der Waals surface area (Å²) in [6, 6.07) is 1.99. The molecule has 5 rings (SSSR count). The number of likely N-dealkylation sites (N-methyl/N-ethyl adjacent to an activating group) is 1. The Morgan fingerprint density at radius 3 is 2.32 bits per heavy atom. The summed E-state index contributed by atoms with van der Waals surface area (Å²) in [6.07, 6.45) is 2.99. The molecule has 3 unspecified atom stereocenters. The molecule has 0 aliphatic heterocycles. The zero-order valence-corrected chi connectivity index (χ0v) is 20.8. The van der Waals surface area contributed by atoms with Gasteiger partial charge in [0, 0.05) is 11.5 Å². The maximum absolute atomic E-state index is 13.9. The van der Waals surface area contributed by atoms with Crippen molar-refractivity contribution < 1.29 is 39.3 Å². The van der Waals surface area contributed by atoms with Crippen molar-refractivity contribution in [2.45, 2.75) is 49.9 Å². The van der Waals surface area contributed by atoms with Crippen LogP contribution in [0.3, 0.4) is 0 Å². The smallest absolute Gasteiger partial charge is 0.235 e. The van der Waals surface area contributed by atoms with Gasteiger partial charge in [-0.3, -0.25) is 28.9 Å². The Balaban J connectivity index is 1.68. The van der Waals surface area contributed by atoms with E-state index in [4.69, 9.17) is 5.73 Å². The van der Waals surface area contributed by atoms with E-state index in [0.717, 1.165) is 24.8 Å². The molecule has 0 heterocycles. The van der Waals surface area contributed by atoms with Gasteiger partial charge in [0.2, 0.25) is 5.91 Å². The minimum Gasteiger partial charge on any atom is -0.507 e. The number of nitrogens with two attached hydrogens (primary N) is 1. The van der Waals surface area contributed by atoms with Gasteiger partial charge in [-0.1, -0.05) is 30.7 Å². The number of carbonyl (C=O) groups excluding carboxylic acids is 5. The van der Waals surface area contributed by atoms with E-state index in [1.54, 1.807) is 25.1 Å². The molecule has 10 heteroatoms. The number of Topliss-reactive ketones (excluding diaryl/α,β-unsaturated/α-hetero) is 4. The summed E-state index contributed by atoms with van der Waals surface area (Å²) in [5.74, 6) is -13.0. The Kier molecular flexibility index (Phi) is 5.78. The minimum absolute atomic E-state index is 0.0834. The molecule has 196 valence electrons. The number of aliphatic hydroxyl groups excluding tert-OH is 1. The van der Waals surface area contributed by atoms with Crippen LogP contribution in [0.1, 0.15) is 53.6 Å². The van der Waals surface area contributed by atoms with Crippen LogP contribution in [-0.4, -0.2) is 81.1 Å². The third kappa shape index (κ3) is 3.25. The highest BCUT2D eigenvalue weighted by Gasteiger charge is 2.72. The Hall–Kier alpha value is -3.21. The van der Waals surface area contributed by atoms with Crippen molar-refractivity contribution in [3.05, 3.63) is 34.4 Å². The van der Waals surface area contributed by atoms with Crippen LogP contribution in [0.2, 0.25) is 0 Å². The number of benzene rings is 1. The normalized spacial score (nSPS) is 37.0. The number of rotatable bonds is 3. The standard InChI is InChI=1S/C27H30N2O8/c1-10-13-8-7-12(9-11-5-4-6-11)20(30)15(13)21(31)16-14(10)22(32)18-19(29(2)3)23(33)17(26(28)36)25(35)27(18,37)24(16)34/h7-10,14,16-19,22,30,32,37H,4-6H2,1-3H3,(H2,28,36)/t10-,14+,16?,17?,18+,19?,22-,27-/m0/s1. The summed E-state index contributed by atoms with van der Waals surface area (Å²) in [7, 11) is 2.92. The predicted octanol–water partition coefficient (Wildman–Crippen LogP) is -0.0339. The van der Waals surface area contributed by atoms with Gasteiger partial charge in [-0.15, -0.1) is 0 Å². The number of hydrogen-bond acceptors (Lipinski definition) is 9. The van der Waals surface area contributed by atoms with Gasteiger partial charge in [-0.25, -0.2) is 0 Å².